The average Bonchev–Trinajstić information content (AvgIpc) is 2.70. The Bertz CT molecular complexity index is 640. The quantitative estimate of drug-likeness (QED) is 0.875. The fourth-order valence-corrected chi connectivity index (χ4v) is 2.83. The maximum atomic E-state index is 10.3. The summed E-state index contributed by atoms with van der Waals surface area (Å²) in [6.07, 6.45) is 0.385. The Morgan fingerprint density at radius 3 is 2.52 bits per heavy atom. The lowest BCUT2D eigenvalue weighted by Crippen LogP contribution is -2.17. The smallest absolute Gasteiger partial charge is 0.0848 e. The zero-order valence-electron chi connectivity index (χ0n) is 11.9. The lowest BCUT2D eigenvalue weighted by molar-refractivity contribution is 0.172. The predicted octanol–water partition coefficient (Wildman–Crippen LogP) is 4.32. The lowest BCUT2D eigenvalue weighted by atomic mass is 10.0. The minimum absolute atomic E-state index is 0.452. The van der Waals surface area contributed by atoms with Crippen molar-refractivity contribution in [1.29, 1.82) is 0 Å². The van der Waals surface area contributed by atoms with E-state index in [9.17, 15) is 5.11 Å². The molecule has 0 spiro atoms. The first-order valence-corrected chi connectivity index (χ1v) is 7.89. The zero-order valence-corrected chi connectivity index (χ0v) is 14.2. The van der Waals surface area contributed by atoms with Gasteiger partial charge in [0.2, 0.25) is 0 Å². The van der Waals surface area contributed by atoms with E-state index in [4.69, 9.17) is 34.8 Å². The maximum Gasteiger partial charge on any atom is 0.0848 e. The highest BCUT2D eigenvalue weighted by Gasteiger charge is 2.17. The predicted molar refractivity (Wildman–Crippen MR) is 87.5 cm³/mol. The number of aromatic nitrogens is 2. The van der Waals surface area contributed by atoms with Crippen LogP contribution in [0.25, 0.3) is 0 Å². The summed E-state index contributed by atoms with van der Waals surface area (Å²) in [4.78, 5) is 0. The van der Waals surface area contributed by atoms with Gasteiger partial charge in [-0.2, -0.15) is 5.10 Å². The van der Waals surface area contributed by atoms with Gasteiger partial charge in [-0.05, 0) is 38.0 Å². The van der Waals surface area contributed by atoms with Crippen molar-refractivity contribution < 1.29 is 5.11 Å². The van der Waals surface area contributed by atoms with Crippen LogP contribution >= 0.6 is 34.8 Å². The van der Waals surface area contributed by atoms with E-state index in [-0.39, 0.29) is 0 Å². The molecular formula is C15H17Cl3N2O. The number of hydrogen-bond acceptors (Lipinski definition) is 2. The van der Waals surface area contributed by atoms with Gasteiger partial charge in [-0.3, -0.25) is 4.68 Å². The summed E-state index contributed by atoms with van der Waals surface area (Å²) in [7, 11) is 0. The number of aliphatic hydroxyl groups excluding tert-OH is 1. The van der Waals surface area contributed by atoms with Crippen LogP contribution in [0.15, 0.2) is 18.2 Å². The van der Waals surface area contributed by atoms with E-state index in [1.165, 1.54) is 0 Å². The molecule has 1 unspecified atom stereocenters. The number of nitrogens with zero attached hydrogens (tertiary/aromatic N) is 2. The van der Waals surface area contributed by atoms with Gasteiger partial charge in [-0.25, -0.2) is 0 Å². The second kappa shape index (κ2) is 7.01. The number of aliphatic hydroxyl groups is 1. The van der Waals surface area contributed by atoms with Crippen LogP contribution in [0.1, 0.15) is 23.9 Å². The summed E-state index contributed by atoms with van der Waals surface area (Å²) >= 11 is 18.1. The van der Waals surface area contributed by atoms with E-state index in [1.807, 2.05) is 24.6 Å². The molecule has 0 radical (unpaired) electrons. The van der Waals surface area contributed by atoms with Crippen LogP contribution in [0.5, 0.6) is 0 Å². The van der Waals surface area contributed by atoms with E-state index in [0.717, 1.165) is 23.5 Å². The minimum atomic E-state index is -0.554. The van der Waals surface area contributed by atoms with Crippen LogP contribution in [-0.2, 0) is 19.4 Å². The molecule has 0 saturated carbocycles. The van der Waals surface area contributed by atoms with Crippen molar-refractivity contribution in [3.05, 3.63) is 50.2 Å². The van der Waals surface area contributed by atoms with E-state index in [2.05, 4.69) is 5.10 Å². The second-order valence-electron chi connectivity index (χ2n) is 4.97. The summed E-state index contributed by atoms with van der Waals surface area (Å²) in [5, 5.41) is 16.3. The standard InChI is InChI=1S/C15H17Cl3N2O/c1-3-20-14(15(18)9(2)19-20)8-11(21)6-10-4-5-12(16)13(17)7-10/h4-5,7,11,21H,3,6,8H2,1-2H3. The van der Waals surface area contributed by atoms with Crippen LogP contribution in [0.4, 0.5) is 0 Å². The maximum absolute atomic E-state index is 10.3. The Morgan fingerprint density at radius 2 is 1.90 bits per heavy atom. The van der Waals surface area contributed by atoms with Crippen LogP contribution in [-0.4, -0.2) is 21.0 Å². The van der Waals surface area contributed by atoms with Crippen LogP contribution in [0.3, 0.4) is 0 Å². The van der Waals surface area contributed by atoms with Crippen molar-refractivity contribution in [3.63, 3.8) is 0 Å². The molecule has 6 heteroatoms. The van der Waals surface area contributed by atoms with Gasteiger partial charge >= 0.3 is 0 Å². The summed E-state index contributed by atoms with van der Waals surface area (Å²) in [5.74, 6) is 0. The molecule has 2 aromatic rings. The first kappa shape index (κ1) is 16.6. The van der Waals surface area contributed by atoms with Crippen molar-refractivity contribution in [2.45, 2.75) is 39.3 Å². The van der Waals surface area contributed by atoms with Gasteiger partial charge in [0.25, 0.3) is 0 Å². The molecule has 1 atom stereocenters. The third kappa shape index (κ3) is 3.92. The molecule has 0 bridgehead atoms. The van der Waals surface area contributed by atoms with Crippen molar-refractivity contribution in [3.8, 4) is 0 Å². The molecule has 114 valence electrons. The van der Waals surface area contributed by atoms with Gasteiger partial charge in [0.15, 0.2) is 0 Å². The molecule has 0 fully saturated rings. The third-order valence-electron chi connectivity index (χ3n) is 3.34. The number of aryl methyl sites for hydroxylation is 2. The lowest BCUT2D eigenvalue weighted by Gasteiger charge is -2.13. The first-order chi connectivity index (χ1) is 9.92. The molecular weight excluding hydrogens is 331 g/mol. The fourth-order valence-electron chi connectivity index (χ4n) is 2.30. The van der Waals surface area contributed by atoms with E-state index < -0.39 is 6.10 Å². The molecule has 0 amide bonds. The van der Waals surface area contributed by atoms with E-state index in [1.54, 1.807) is 12.1 Å². The molecule has 21 heavy (non-hydrogen) atoms. The van der Waals surface area contributed by atoms with Crippen molar-refractivity contribution in [1.82, 2.24) is 9.78 Å². The van der Waals surface area contributed by atoms with Crippen molar-refractivity contribution in [2.75, 3.05) is 0 Å². The van der Waals surface area contributed by atoms with Gasteiger partial charge in [0.1, 0.15) is 0 Å². The van der Waals surface area contributed by atoms with Crippen LogP contribution in [0, 0.1) is 6.92 Å². The highest BCUT2D eigenvalue weighted by atomic mass is 35.5. The molecule has 0 aliphatic carbocycles. The summed E-state index contributed by atoms with van der Waals surface area (Å²) in [5.41, 5.74) is 2.59. The van der Waals surface area contributed by atoms with Gasteiger partial charge in [-0.15, -0.1) is 0 Å². The monoisotopic (exact) mass is 346 g/mol. The molecule has 0 aliphatic heterocycles. The van der Waals surface area contributed by atoms with Crippen LogP contribution < -0.4 is 0 Å². The Morgan fingerprint density at radius 1 is 1.19 bits per heavy atom. The summed E-state index contributed by atoms with van der Waals surface area (Å²) < 4.78 is 1.83. The average molecular weight is 348 g/mol. The number of hydrogen-bond donors (Lipinski definition) is 1. The Balaban J connectivity index is 2.11. The number of benzene rings is 1. The molecule has 1 aromatic heterocycles. The molecule has 0 saturated heterocycles. The SMILES string of the molecule is CCn1nc(C)c(Cl)c1CC(O)Cc1ccc(Cl)c(Cl)c1. The first-order valence-electron chi connectivity index (χ1n) is 6.76. The largest absolute Gasteiger partial charge is 0.392 e. The normalized spacial score (nSPS) is 12.7. The molecule has 0 aliphatic rings. The topological polar surface area (TPSA) is 38.0 Å². The number of rotatable bonds is 5. The third-order valence-corrected chi connectivity index (χ3v) is 4.57. The molecule has 3 nitrogen and oxygen atoms in total. The summed E-state index contributed by atoms with van der Waals surface area (Å²) in [6.45, 7) is 4.59. The van der Waals surface area contributed by atoms with Crippen molar-refractivity contribution in [2.24, 2.45) is 0 Å². The Kier molecular flexibility index (Phi) is 5.55. The minimum Gasteiger partial charge on any atom is -0.392 e. The highest BCUT2D eigenvalue weighted by Crippen LogP contribution is 2.25. The van der Waals surface area contributed by atoms with Gasteiger partial charge in [-0.1, -0.05) is 40.9 Å². The highest BCUT2D eigenvalue weighted by molar-refractivity contribution is 6.42. The van der Waals surface area contributed by atoms with Crippen LogP contribution in [0.2, 0.25) is 15.1 Å². The van der Waals surface area contributed by atoms with E-state index in [0.29, 0.717) is 27.9 Å². The van der Waals surface area contributed by atoms with Gasteiger partial charge in [0.05, 0.1) is 32.6 Å². The number of halogens is 3. The molecule has 2 rings (SSSR count). The summed E-state index contributed by atoms with van der Waals surface area (Å²) in [6, 6.07) is 5.37. The van der Waals surface area contributed by atoms with Gasteiger partial charge < -0.3 is 5.11 Å². The van der Waals surface area contributed by atoms with E-state index >= 15 is 0 Å². The second-order valence-corrected chi connectivity index (χ2v) is 6.16. The van der Waals surface area contributed by atoms with Crippen molar-refractivity contribution >= 4 is 34.8 Å². The molecule has 1 N–H and O–H groups in total. The Labute approximate surface area is 139 Å². The van der Waals surface area contributed by atoms with Gasteiger partial charge in [0, 0.05) is 13.0 Å². The molecule has 1 heterocycles. The fraction of sp³-hybridized carbons (Fsp3) is 0.400. The Hall–Kier alpha value is -0.740. The molecule has 1 aromatic carbocycles. The zero-order chi connectivity index (χ0) is 15.6.